The first-order chi connectivity index (χ1) is 10.8. The van der Waals surface area contributed by atoms with Gasteiger partial charge in [-0.15, -0.1) is 0 Å². The number of anilines is 1. The third-order valence-corrected chi connectivity index (χ3v) is 3.29. The number of halogens is 2. The molecule has 6 heteroatoms. The van der Waals surface area contributed by atoms with Gasteiger partial charge in [-0.1, -0.05) is 35.9 Å². The Morgan fingerprint density at radius 2 is 1.78 bits per heavy atom. The van der Waals surface area contributed by atoms with Crippen molar-refractivity contribution in [3.8, 4) is 0 Å². The molecule has 23 heavy (non-hydrogen) atoms. The minimum atomic E-state index is -3.79. The van der Waals surface area contributed by atoms with Crippen LogP contribution in [0.2, 0.25) is 0 Å². The van der Waals surface area contributed by atoms with Crippen LogP contribution in [0.3, 0.4) is 0 Å². The molecule has 0 heterocycles. The summed E-state index contributed by atoms with van der Waals surface area (Å²) in [6, 6.07) is 12.1. The number of benzene rings is 2. The summed E-state index contributed by atoms with van der Waals surface area (Å²) in [5.41, 5.74) is 5.44. The third kappa shape index (κ3) is 3.91. The first kappa shape index (κ1) is 16.6. The van der Waals surface area contributed by atoms with Crippen LogP contribution in [0.1, 0.15) is 16.7 Å². The van der Waals surface area contributed by atoms with E-state index in [9.17, 15) is 18.4 Å². The topological polar surface area (TPSA) is 72.2 Å². The maximum atomic E-state index is 14.6. The molecule has 120 valence electrons. The molecule has 2 amide bonds. The second-order valence-corrected chi connectivity index (χ2v) is 5.20. The molecule has 0 aliphatic heterocycles. The van der Waals surface area contributed by atoms with E-state index in [-0.39, 0.29) is 17.7 Å². The van der Waals surface area contributed by atoms with E-state index in [4.69, 9.17) is 5.73 Å². The number of carbonyl (C=O) groups excluding carboxylic acids is 2. The van der Waals surface area contributed by atoms with Crippen LogP contribution < -0.4 is 11.1 Å². The number of alkyl halides is 2. The number of primary amides is 1. The Balaban J connectivity index is 2.36. The summed E-state index contributed by atoms with van der Waals surface area (Å²) >= 11 is 0. The van der Waals surface area contributed by atoms with E-state index >= 15 is 0 Å². The van der Waals surface area contributed by atoms with Crippen LogP contribution in [-0.4, -0.2) is 11.8 Å². The highest BCUT2D eigenvalue weighted by atomic mass is 19.3. The van der Waals surface area contributed by atoms with Gasteiger partial charge in [0.05, 0.1) is 6.42 Å². The van der Waals surface area contributed by atoms with Crippen molar-refractivity contribution in [3.05, 3.63) is 65.2 Å². The van der Waals surface area contributed by atoms with E-state index in [2.05, 4.69) is 5.32 Å². The van der Waals surface area contributed by atoms with Gasteiger partial charge in [-0.25, -0.2) is 0 Å². The molecule has 0 aliphatic rings. The first-order valence-corrected chi connectivity index (χ1v) is 6.93. The summed E-state index contributed by atoms with van der Waals surface area (Å²) in [6.07, 6.45) is -0.357. The fourth-order valence-corrected chi connectivity index (χ4v) is 2.18. The summed E-state index contributed by atoms with van der Waals surface area (Å²) in [4.78, 5) is 23.1. The van der Waals surface area contributed by atoms with Gasteiger partial charge in [-0.2, -0.15) is 8.78 Å². The predicted molar refractivity (Wildman–Crippen MR) is 83.0 cm³/mol. The predicted octanol–water partition coefficient (Wildman–Crippen LogP) is 2.75. The molecule has 0 bridgehead atoms. The molecular formula is C17H16F2N2O2. The normalized spacial score (nSPS) is 11.1. The highest BCUT2D eigenvalue weighted by Gasteiger charge is 2.42. The highest BCUT2D eigenvalue weighted by molar-refractivity contribution is 5.97. The molecule has 0 fully saturated rings. The van der Waals surface area contributed by atoms with Gasteiger partial charge in [-0.3, -0.25) is 9.59 Å². The van der Waals surface area contributed by atoms with Crippen molar-refractivity contribution in [2.75, 3.05) is 5.32 Å². The number of hydrogen-bond acceptors (Lipinski definition) is 2. The van der Waals surface area contributed by atoms with Gasteiger partial charge in [0, 0.05) is 11.3 Å². The van der Waals surface area contributed by atoms with Crippen molar-refractivity contribution in [3.63, 3.8) is 0 Å². The Hall–Kier alpha value is -2.76. The Bertz CT molecular complexity index is 731. The molecule has 2 aromatic carbocycles. The summed E-state index contributed by atoms with van der Waals surface area (Å²) in [6.45, 7) is 1.63. The molecule has 0 unspecified atom stereocenters. The lowest BCUT2D eigenvalue weighted by atomic mass is 9.96. The van der Waals surface area contributed by atoms with Crippen LogP contribution in [-0.2, 0) is 21.9 Å². The first-order valence-electron chi connectivity index (χ1n) is 6.93. The molecule has 3 N–H and O–H groups in total. The van der Waals surface area contributed by atoms with Gasteiger partial charge < -0.3 is 11.1 Å². The van der Waals surface area contributed by atoms with Crippen molar-refractivity contribution < 1.29 is 18.4 Å². The van der Waals surface area contributed by atoms with E-state index < -0.39 is 23.3 Å². The van der Waals surface area contributed by atoms with Crippen LogP contribution in [0, 0.1) is 6.92 Å². The smallest absolute Gasteiger partial charge is 0.350 e. The van der Waals surface area contributed by atoms with E-state index in [1.54, 1.807) is 31.2 Å². The maximum Gasteiger partial charge on any atom is 0.350 e. The minimum absolute atomic E-state index is 0.0383. The lowest BCUT2D eigenvalue weighted by Crippen LogP contribution is -2.33. The molecule has 0 saturated carbocycles. The quantitative estimate of drug-likeness (QED) is 0.890. The second kappa shape index (κ2) is 6.56. The number of amides is 2. The molecule has 2 aromatic rings. The summed E-state index contributed by atoms with van der Waals surface area (Å²) in [5.74, 6) is -5.98. The van der Waals surface area contributed by atoms with Crippen molar-refractivity contribution in [1.82, 2.24) is 0 Å². The number of rotatable bonds is 5. The number of carbonyl (C=O) groups is 2. The molecule has 4 nitrogen and oxygen atoms in total. The van der Waals surface area contributed by atoms with Crippen molar-refractivity contribution in [2.45, 2.75) is 19.3 Å². The summed E-state index contributed by atoms with van der Waals surface area (Å²) in [7, 11) is 0. The molecule has 0 saturated heterocycles. The SMILES string of the molecule is Cc1ccc(CC(N)=O)c(C(F)(F)C(=O)Nc2ccccc2)c1. The number of para-hydroxylation sites is 1. The largest absolute Gasteiger partial charge is 0.369 e. The monoisotopic (exact) mass is 318 g/mol. The van der Waals surface area contributed by atoms with E-state index in [1.165, 1.54) is 24.3 Å². The Kier molecular flexibility index (Phi) is 4.74. The fraction of sp³-hybridized carbons (Fsp3) is 0.176. The van der Waals surface area contributed by atoms with Crippen molar-refractivity contribution in [2.24, 2.45) is 5.73 Å². The van der Waals surface area contributed by atoms with Gasteiger partial charge in [-0.05, 0) is 30.7 Å². The van der Waals surface area contributed by atoms with Gasteiger partial charge in [0.25, 0.3) is 5.91 Å². The maximum absolute atomic E-state index is 14.6. The van der Waals surface area contributed by atoms with Crippen LogP contribution >= 0.6 is 0 Å². The third-order valence-electron chi connectivity index (χ3n) is 3.29. The molecular weight excluding hydrogens is 302 g/mol. The zero-order valence-electron chi connectivity index (χ0n) is 12.5. The standard InChI is InChI=1S/C17H16F2N2O2/c1-11-7-8-12(10-15(20)22)14(9-11)17(18,19)16(23)21-13-5-3-2-4-6-13/h2-9H,10H2,1H3,(H2,20,22)(H,21,23). The van der Waals surface area contributed by atoms with Gasteiger partial charge >= 0.3 is 5.92 Å². The van der Waals surface area contributed by atoms with Crippen LogP contribution in [0.25, 0.3) is 0 Å². The van der Waals surface area contributed by atoms with Crippen LogP contribution in [0.15, 0.2) is 48.5 Å². The summed E-state index contributed by atoms with van der Waals surface area (Å²) < 4.78 is 29.1. The molecule has 0 atom stereocenters. The van der Waals surface area contributed by atoms with E-state index in [1.807, 2.05) is 0 Å². The van der Waals surface area contributed by atoms with Crippen LogP contribution in [0.5, 0.6) is 0 Å². The Labute approximate surface area is 132 Å². The van der Waals surface area contributed by atoms with Gasteiger partial charge in [0.15, 0.2) is 0 Å². The Morgan fingerprint density at radius 1 is 1.13 bits per heavy atom. The summed E-state index contributed by atoms with van der Waals surface area (Å²) in [5, 5.41) is 2.18. The lowest BCUT2D eigenvalue weighted by molar-refractivity contribution is -0.141. The van der Waals surface area contributed by atoms with Gasteiger partial charge in [0.2, 0.25) is 5.91 Å². The van der Waals surface area contributed by atoms with Gasteiger partial charge in [0.1, 0.15) is 0 Å². The molecule has 0 aliphatic carbocycles. The number of nitrogens with two attached hydrogens (primary N) is 1. The number of nitrogens with one attached hydrogen (secondary N) is 1. The number of aryl methyl sites for hydroxylation is 1. The van der Waals surface area contributed by atoms with E-state index in [0.29, 0.717) is 5.56 Å². The number of hydrogen-bond donors (Lipinski definition) is 2. The van der Waals surface area contributed by atoms with Crippen molar-refractivity contribution >= 4 is 17.5 Å². The average Bonchev–Trinajstić information content (AvgIpc) is 2.49. The zero-order chi connectivity index (χ0) is 17.0. The average molecular weight is 318 g/mol. The zero-order valence-corrected chi connectivity index (χ0v) is 12.5. The van der Waals surface area contributed by atoms with E-state index in [0.717, 1.165) is 0 Å². The molecule has 0 radical (unpaired) electrons. The Morgan fingerprint density at radius 3 is 2.39 bits per heavy atom. The minimum Gasteiger partial charge on any atom is -0.369 e. The molecule has 2 rings (SSSR count). The molecule has 0 spiro atoms. The van der Waals surface area contributed by atoms with Crippen LogP contribution in [0.4, 0.5) is 14.5 Å². The molecule has 0 aromatic heterocycles. The highest BCUT2D eigenvalue weighted by Crippen LogP contribution is 2.33. The lowest BCUT2D eigenvalue weighted by Gasteiger charge is -2.20. The fourth-order valence-electron chi connectivity index (χ4n) is 2.18. The van der Waals surface area contributed by atoms with Crippen molar-refractivity contribution in [1.29, 1.82) is 0 Å². The second-order valence-electron chi connectivity index (χ2n) is 5.20.